The van der Waals surface area contributed by atoms with Crippen molar-refractivity contribution in [3.05, 3.63) is 35.4 Å². The number of hydrogen-bond donors (Lipinski definition) is 2. The van der Waals surface area contributed by atoms with Gasteiger partial charge < -0.3 is 15.5 Å². The molecular formula is C19H31Cl2N3O3S. The Morgan fingerprint density at radius 1 is 1.11 bits per heavy atom. The highest BCUT2D eigenvalue weighted by atomic mass is 35.5. The number of amides is 1. The van der Waals surface area contributed by atoms with E-state index in [1.54, 1.807) is 0 Å². The van der Waals surface area contributed by atoms with Crippen LogP contribution in [-0.4, -0.2) is 69.5 Å². The van der Waals surface area contributed by atoms with Crippen molar-refractivity contribution in [2.75, 3.05) is 40.0 Å². The van der Waals surface area contributed by atoms with E-state index in [1.807, 2.05) is 26.2 Å². The molecule has 1 saturated heterocycles. The van der Waals surface area contributed by atoms with Gasteiger partial charge in [0.15, 0.2) is 14.6 Å². The van der Waals surface area contributed by atoms with Gasteiger partial charge in [0.05, 0.1) is 0 Å². The van der Waals surface area contributed by atoms with Gasteiger partial charge in [0.1, 0.15) is 0 Å². The number of sulfone groups is 1. The topological polar surface area (TPSA) is 78.5 Å². The number of carbonyl (C=O) groups excluding carboxylic acids is 1. The number of likely N-dealkylation sites (N-methyl/N-ethyl adjacent to an activating group) is 1. The Hall–Kier alpha value is -0.860. The fourth-order valence-electron chi connectivity index (χ4n) is 4.28. The third kappa shape index (κ3) is 4.49. The minimum Gasteiger partial charge on any atom is -0.353 e. The molecule has 1 aromatic rings. The molecule has 1 fully saturated rings. The number of benzene rings is 1. The number of rotatable bonds is 5. The lowest BCUT2D eigenvalue weighted by molar-refractivity contribution is -0.124. The summed E-state index contributed by atoms with van der Waals surface area (Å²) in [6.45, 7) is 1.54. The second-order valence-electron chi connectivity index (χ2n) is 7.94. The van der Waals surface area contributed by atoms with Gasteiger partial charge in [-0.3, -0.25) is 4.79 Å². The lowest BCUT2D eigenvalue weighted by Gasteiger charge is -2.39. The van der Waals surface area contributed by atoms with E-state index in [9.17, 15) is 13.2 Å². The number of carbonyl (C=O) groups is 1. The minimum atomic E-state index is -3.49. The second-order valence-corrected chi connectivity index (χ2v) is 10.3. The van der Waals surface area contributed by atoms with Gasteiger partial charge in [-0.15, -0.1) is 24.8 Å². The number of halogens is 2. The molecule has 1 heterocycles. The van der Waals surface area contributed by atoms with E-state index in [1.165, 1.54) is 17.4 Å². The molecule has 2 N–H and O–H groups in total. The lowest BCUT2D eigenvalue weighted by atomic mass is 9.92. The zero-order chi connectivity index (χ0) is 19.0. The first-order chi connectivity index (χ1) is 12.2. The Labute approximate surface area is 180 Å². The summed E-state index contributed by atoms with van der Waals surface area (Å²) in [4.78, 5) is 15.2. The van der Waals surface area contributed by atoms with Crippen LogP contribution in [0.1, 0.15) is 24.0 Å². The summed E-state index contributed by atoms with van der Waals surface area (Å²) >= 11 is 0. The van der Waals surface area contributed by atoms with Crippen LogP contribution in [0.15, 0.2) is 24.3 Å². The first-order valence-corrected chi connectivity index (χ1v) is 11.0. The van der Waals surface area contributed by atoms with Gasteiger partial charge in [0, 0.05) is 18.3 Å². The van der Waals surface area contributed by atoms with Crippen molar-refractivity contribution in [1.29, 1.82) is 0 Å². The lowest BCUT2D eigenvalue weighted by Crippen LogP contribution is -2.61. The average Bonchev–Trinajstić information content (AvgIpc) is 2.99. The van der Waals surface area contributed by atoms with Crippen molar-refractivity contribution in [2.45, 2.75) is 36.0 Å². The zero-order valence-corrected chi connectivity index (χ0v) is 19.1. The zero-order valence-electron chi connectivity index (χ0n) is 16.7. The molecule has 160 valence electrons. The predicted molar refractivity (Wildman–Crippen MR) is 117 cm³/mol. The quantitative estimate of drug-likeness (QED) is 0.703. The molecule has 1 aliphatic carbocycles. The summed E-state index contributed by atoms with van der Waals surface area (Å²) in [5.74, 6) is -0.348. The number of piperidine rings is 1. The molecule has 1 aromatic carbocycles. The third-order valence-corrected chi connectivity index (χ3v) is 8.23. The molecule has 2 aliphatic rings. The Bertz CT molecular complexity index is 768. The molecule has 0 spiro atoms. The van der Waals surface area contributed by atoms with Crippen LogP contribution in [0.2, 0.25) is 0 Å². The fourth-order valence-corrected chi connectivity index (χ4v) is 5.63. The highest BCUT2D eigenvalue weighted by Crippen LogP contribution is 2.34. The van der Waals surface area contributed by atoms with E-state index < -0.39 is 14.6 Å². The summed E-state index contributed by atoms with van der Waals surface area (Å²) < 4.78 is 23.6. The highest BCUT2D eigenvalue weighted by Gasteiger charge is 2.49. The van der Waals surface area contributed by atoms with Gasteiger partial charge in [0.2, 0.25) is 5.91 Å². The van der Waals surface area contributed by atoms with Gasteiger partial charge in [-0.2, -0.15) is 0 Å². The largest absolute Gasteiger partial charge is 0.353 e. The number of nitrogens with zero attached hydrogens (tertiary/aromatic N) is 1. The average molecular weight is 452 g/mol. The molecular weight excluding hydrogens is 421 g/mol. The van der Waals surface area contributed by atoms with E-state index in [0.29, 0.717) is 32.5 Å². The van der Waals surface area contributed by atoms with Crippen LogP contribution in [0.4, 0.5) is 0 Å². The maximum atomic E-state index is 13.0. The number of nitrogens with one attached hydrogen (secondary N) is 2. The van der Waals surface area contributed by atoms with E-state index >= 15 is 0 Å². The van der Waals surface area contributed by atoms with Crippen LogP contribution < -0.4 is 10.6 Å². The van der Waals surface area contributed by atoms with Gasteiger partial charge in [-0.25, -0.2) is 8.42 Å². The first kappa shape index (κ1) is 25.2. The molecule has 1 aliphatic heterocycles. The van der Waals surface area contributed by atoms with Crippen LogP contribution in [0.25, 0.3) is 0 Å². The molecule has 0 radical (unpaired) electrons. The van der Waals surface area contributed by atoms with Crippen molar-refractivity contribution in [3.63, 3.8) is 0 Å². The van der Waals surface area contributed by atoms with Crippen molar-refractivity contribution in [2.24, 2.45) is 0 Å². The van der Waals surface area contributed by atoms with Gasteiger partial charge >= 0.3 is 0 Å². The molecule has 0 saturated carbocycles. The smallest absolute Gasteiger partial charge is 0.241 e. The number of hydrogen-bond acceptors (Lipinski definition) is 5. The van der Waals surface area contributed by atoms with Crippen LogP contribution in [0, 0.1) is 0 Å². The highest BCUT2D eigenvalue weighted by molar-refractivity contribution is 7.92. The summed E-state index contributed by atoms with van der Waals surface area (Å²) in [5.41, 5.74) is 2.38. The predicted octanol–water partition coefficient (Wildman–Crippen LogP) is 1.21. The molecule has 28 heavy (non-hydrogen) atoms. The molecule has 6 nitrogen and oxygen atoms in total. The normalized spacial score (nSPS) is 19.9. The second kappa shape index (κ2) is 9.30. The summed E-state index contributed by atoms with van der Waals surface area (Å²) in [7, 11) is 0.554. The van der Waals surface area contributed by atoms with Gasteiger partial charge in [-0.05, 0) is 64.0 Å². The Kier molecular flexibility index (Phi) is 8.37. The van der Waals surface area contributed by atoms with Crippen LogP contribution >= 0.6 is 24.8 Å². The monoisotopic (exact) mass is 451 g/mol. The summed E-state index contributed by atoms with van der Waals surface area (Å²) in [5, 5.41) is 6.16. The Balaban J connectivity index is 0.00000196. The van der Waals surface area contributed by atoms with Gasteiger partial charge in [0.25, 0.3) is 0 Å². The van der Waals surface area contributed by atoms with E-state index in [-0.39, 0.29) is 36.3 Å². The summed E-state index contributed by atoms with van der Waals surface area (Å²) in [6, 6.07) is 8.34. The first-order valence-electron chi connectivity index (χ1n) is 9.13. The molecule has 9 heteroatoms. The molecule has 3 rings (SSSR count). The van der Waals surface area contributed by atoms with E-state index in [4.69, 9.17) is 0 Å². The van der Waals surface area contributed by atoms with Crippen LogP contribution in [0.5, 0.6) is 0 Å². The van der Waals surface area contributed by atoms with Crippen molar-refractivity contribution in [3.8, 4) is 0 Å². The molecule has 0 atom stereocenters. The third-order valence-electron chi connectivity index (χ3n) is 6.22. The SMILES string of the molecule is CN(C)C1(CNC(=O)C2(S(C)(=O)=O)CCNCC2)Cc2ccccc2C1.Cl.Cl. The number of fused-ring (bicyclic) bond motifs is 1. The van der Waals surface area contributed by atoms with Crippen molar-refractivity contribution < 1.29 is 13.2 Å². The molecule has 0 unspecified atom stereocenters. The molecule has 0 bridgehead atoms. The maximum Gasteiger partial charge on any atom is 0.241 e. The van der Waals surface area contributed by atoms with E-state index in [0.717, 1.165) is 12.8 Å². The minimum absolute atomic E-state index is 0. The van der Waals surface area contributed by atoms with Crippen LogP contribution in [-0.2, 0) is 27.5 Å². The summed E-state index contributed by atoms with van der Waals surface area (Å²) in [6.07, 6.45) is 3.54. The molecule has 0 aromatic heterocycles. The Morgan fingerprint density at radius 2 is 1.61 bits per heavy atom. The fraction of sp³-hybridized carbons (Fsp3) is 0.632. The maximum absolute atomic E-state index is 13.0. The van der Waals surface area contributed by atoms with Crippen molar-refractivity contribution >= 4 is 40.6 Å². The molecule has 1 amide bonds. The van der Waals surface area contributed by atoms with Gasteiger partial charge in [-0.1, -0.05) is 24.3 Å². The van der Waals surface area contributed by atoms with Crippen molar-refractivity contribution in [1.82, 2.24) is 15.5 Å². The van der Waals surface area contributed by atoms with Crippen LogP contribution in [0.3, 0.4) is 0 Å². The standard InChI is InChI=1S/C19H29N3O3S.2ClH/c1-22(2)18(12-15-6-4-5-7-16(15)13-18)14-21-17(23)19(26(3,24)25)8-10-20-11-9-19;;/h4-7,20H,8-14H2,1-3H3,(H,21,23);2*1H. The Morgan fingerprint density at radius 3 is 2.04 bits per heavy atom. The van der Waals surface area contributed by atoms with E-state index in [2.05, 4.69) is 27.7 Å².